The van der Waals surface area contributed by atoms with Gasteiger partial charge in [-0.1, -0.05) is 0 Å². The second-order valence-electron chi connectivity index (χ2n) is 4.17. The van der Waals surface area contributed by atoms with E-state index in [1.54, 1.807) is 11.9 Å². The van der Waals surface area contributed by atoms with Crippen LogP contribution in [0.2, 0.25) is 0 Å². The van der Waals surface area contributed by atoms with E-state index in [1.807, 2.05) is 0 Å². The maximum atomic E-state index is 13.7. The number of halogens is 2. The topological polar surface area (TPSA) is 29.5 Å². The van der Waals surface area contributed by atoms with Gasteiger partial charge < -0.3 is 14.4 Å². The van der Waals surface area contributed by atoms with Crippen LogP contribution < -0.4 is 9.64 Å². The van der Waals surface area contributed by atoms with Gasteiger partial charge in [0, 0.05) is 32.1 Å². The van der Waals surface area contributed by atoms with E-state index < -0.39 is 11.6 Å². The van der Waals surface area contributed by atoms with E-state index in [0.29, 0.717) is 19.4 Å². The number of hydrogen-bond acceptors (Lipinski definition) is 3. The summed E-state index contributed by atoms with van der Waals surface area (Å²) in [6.07, 6.45) is 1.05. The minimum atomic E-state index is -0.604. The fourth-order valence-corrected chi connectivity index (χ4v) is 1.65. The fraction of sp³-hybridized carbons (Fsp3) is 0.462. The molecule has 1 rings (SSSR count). The molecule has 1 aromatic rings. The molecule has 0 saturated carbocycles. The Morgan fingerprint density at radius 3 is 2.56 bits per heavy atom. The van der Waals surface area contributed by atoms with Gasteiger partial charge in [0.1, 0.15) is 11.6 Å². The van der Waals surface area contributed by atoms with Gasteiger partial charge in [0.05, 0.1) is 12.8 Å². The number of Topliss-reactive ketones (excluding diaryl/α,β-unsaturated/α-hetero) is 1. The highest BCUT2D eigenvalue weighted by Gasteiger charge is 2.13. The highest BCUT2D eigenvalue weighted by atomic mass is 19.1. The Balaban J connectivity index is 2.76. The number of nitrogens with zero attached hydrogens (tertiary/aromatic N) is 1. The Bertz CT molecular complexity index is 435. The third-order valence-corrected chi connectivity index (χ3v) is 2.65. The average molecular weight is 257 g/mol. The third kappa shape index (κ3) is 3.68. The zero-order valence-electron chi connectivity index (χ0n) is 10.8. The first-order chi connectivity index (χ1) is 8.45. The summed E-state index contributed by atoms with van der Waals surface area (Å²) in [5, 5.41) is 0. The van der Waals surface area contributed by atoms with E-state index in [1.165, 1.54) is 14.0 Å². The van der Waals surface area contributed by atoms with Crippen molar-refractivity contribution in [3.8, 4) is 5.75 Å². The van der Waals surface area contributed by atoms with Crippen molar-refractivity contribution in [3.63, 3.8) is 0 Å². The van der Waals surface area contributed by atoms with E-state index in [-0.39, 0.29) is 17.2 Å². The monoisotopic (exact) mass is 257 g/mol. The molecule has 0 aliphatic heterocycles. The van der Waals surface area contributed by atoms with Crippen LogP contribution in [0.25, 0.3) is 0 Å². The van der Waals surface area contributed by atoms with Crippen LogP contribution in [0, 0.1) is 11.6 Å². The van der Waals surface area contributed by atoms with Crippen molar-refractivity contribution in [2.75, 3.05) is 25.6 Å². The first-order valence-electron chi connectivity index (χ1n) is 5.69. The number of ketones is 1. The predicted octanol–water partition coefficient (Wildman–Crippen LogP) is 2.78. The second kappa shape index (κ2) is 6.33. The molecule has 0 N–H and O–H groups in total. The van der Waals surface area contributed by atoms with Gasteiger partial charge in [-0.15, -0.1) is 0 Å². The molecule has 0 aromatic heterocycles. The smallest absolute Gasteiger partial charge is 0.167 e. The molecule has 5 heteroatoms. The molecular weight excluding hydrogens is 240 g/mol. The van der Waals surface area contributed by atoms with Gasteiger partial charge >= 0.3 is 0 Å². The molecular formula is C13H17F2NO2. The van der Waals surface area contributed by atoms with Gasteiger partial charge in [-0.05, 0) is 13.3 Å². The van der Waals surface area contributed by atoms with Crippen LogP contribution >= 0.6 is 0 Å². The lowest BCUT2D eigenvalue weighted by atomic mass is 10.2. The number of ether oxygens (including phenoxy) is 1. The molecule has 0 spiro atoms. The Labute approximate surface area is 105 Å². The van der Waals surface area contributed by atoms with Gasteiger partial charge in [0.15, 0.2) is 11.6 Å². The number of carbonyl (C=O) groups excluding carboxylic acids is 1. The maximum Gasteiger partial charge on any atom is 0.167 e. The summed E-state index contributed by atoms with van der Waals surface area (Å²) in [6.45, 7) is 2.00. The quantitative estimate of drug-likeness (QED) is 0.784. The average Bonchev–Trinajstić information content (AvgIpc) is 2.30. The second-order valence-corrected chi connectivity index (χ2v) is 4.17. The van der Waals surface area contributed by atoms with Crippen LogP contribution in [0.4, 0.5) is 14.5 Å². The number of methoxy groups -OCH3 is 1. The van der Waals surface area contributed by atoms with E-state index in [9.17, 15) is 13.6 Å². The molecule has 100 valence electrons. The van der Waals surface area contributed by atoms with E-state index in [0.717, 1.165) is 12.1 Å². The largest absolute Gasteiger partial charge is 0.494 e. The lowest BCUT2D eigenvalue weighted by Gasteiger charge is -2.20. The van der Waals surface area contributed by atoms with Crippen molar-refractivity contribution in [3.05, 3.63) is 23.8 Å². The number of anilines is 1. The predicted molar refractivity (Wildman–Crippen MR) is 66.1 cm³/mol. The van der Waals surface area contributed by atoms with Gasteiger partial charge in [-0.2, -0.15) is 0 Å². The lowest BCUT2D eigenvalue weighted by Crippen LogP contribution is -2.20. The van der Waals surface area contributed by atoms with Crippen molar-refractivity contribution in [1.82, 2.24) is 0 Å². The molecule has 0 heterocycles. The van der Waals surface area contributed by atoms with E-state index >= 15 is 0 Å². The molecule has 0 bridgehead atoms. The zero-order chi connectivity index (χ0) is 13.7. The third-order valence-electron chi connectivity index (χ3n) is 2.65. The van der Waals surface area contributed by atoms with Crippen LogP contribution in [0.3, 0.4) is 0 Å². The molecule has 0 radical (unpaired) electrons. The van der Waals surface area contributed by atoms with Crippen LogP contribution in [0.15, 0.2) is 12.1 Å². The molecule has 0 amide bonds. The summed E-state index contributed by atoms with van der Waals surface area (Å²) in [5.74, 6) is -1.18. The summed E-state index contributed by atoms with van der Waals surface area (Å²) < 4.78 is 31.9. The highest BCUT2D eigenvalue weighted by molar-refractivity contribution is 5.75. The van der Waals surface area contributed by atoms with Gasteiger partial charge in [-0.3, -0.25) is 0 Å². The van der Waals surface area contributed by atoms with Crippen molar-refractivity contribution < 1.29 is 18.3 Å². The summed E-state index contributed by atoms with van der Waals surface area (Å²) in [5.41, 5.74) is 0.164. The van der Waals surface area contributed by atoms with E-state index in [4.69, 9.17) is 4.74 Å². The normalized spacial score (nSPS) is 10.3. The lowest BCUT2D eigenvalue weighted by molar-refractivity contribution is -0.117. The van der Waals surface area contributed by atoms with Crippen molar-refractivity contribution in [2.45, 2.75) is 19.8 Å². The molecule has 0 saturated heterocycles. The zero-order valence-corrected chi connectivity index (χ0v) is 10.8. The summed E-state index contributed by atoms with van der Waals surface area (Å²) >= 11 is 0. The minimum absolute atomic E-state index is 0.0878. The minimum Gasteiger partial charge on any atom is -0.494 e. The van der Waals surface area contributed by atoms with Crippen molar-refractivity contribution in [2.24, 2.45) is 0 Å². The Morgan fingerprint density at radius 2 is 2.00 bits per heavy atom. The molecule has 0 unspecified atom stereocenters. The standard InChI is InChI=1S/C13H17F2NO2/c1-9(17)5-4-6-16(2)12-7-11(15)13(18-3)8-10(12)14/h7-8H,4-6H2,1-3H3. The van der Waals surface area contributed by atoms with Crippen LogP contribution in [-0.2, 0) is 4.79 Å². The van der Waals surface area contributed by atoms with Crippen LogP contribution in [0.1, 0.15) is 19.8 Å². The molecule has 0 fully saturated rings. The molecule has 3 nitrogen and oxygen atoms in total. The number of benzene rings is 1. The van der Waals surface area contributed by atoms with Crippen LogP contribution in [-0.4, -0.2) is 26.5 Å². The highest BCUT2D eigenvalue weighted by Crippen LogP contribution is 2.26. The van der Waals surface area contributed by atoms with Crippen LogP contribution in [0.5, 0.6) is 5.75 Å². The van der Waals surface area contributed by atoms with Crippen molar-refractivity contribution in [1.29, 1.82) is 0 Å². The number of rotatable bonds is 6. The van der Waals surface area contributed by atoms with Gasteiger partial charge in [-0.25, -0.2) is 8.78 Å². The SMILES string of the molecule is COc1cc(F)c(N(C)CCCC(C)=O)cc1F. The summed E-state index contributed by atoms with van der Waals surface area (Å²) in [4.78, 5) is 12.4. The molecule has 0 atom stereocenters. The molecule has 0 aliphatic rings. The Hall–Kier alpha value is -1.65. The summed E-state index contributed by atoms with van der Waals surface area (Å²) in [7, 11) is 2.94. The Morgan fingerprint density at radius 1 is 1.33 bits per heavy atom. The first-order valence-corrected chi connectivity index (χ1v) is 5.69. The molecule has 1 aromatic carbocycles. The fourth-order valence-electron chi connectivity index (χ4n) is 1.65. The van der Waals surface area contributed by atoms with E-state index in [2.05, 4.69) is 0 Å². The molecule has 18 heavy (non-hydrogen) atoms. The van der Waals surface area contributed by atoms with Gasteiger partial charge in [0.25, 0.3) is 0 Å². The number of hydrogen-bond donors (Lipinski definition) is 0. The van der Waals surface area contributed by atoms with Crippen molar-refractivity contribution >= 4 is 11.5 Å². The number of carbonyl (C=O) groups is 1. The van der Waals surface area contributed by atoms with Gasteiger partial charge in [0.2, 0.25) is 0 Å². The Kier molecular flexibility index (Phi) is 5.07. The summed E-state index contributed by atoms with van der Waals surface area (Å²) in [6, 6.07) is 2.12. The molecule has 0 aliphatic carbocycles. The maximum absolute atomic E-state index is 13.7. The first kappa shape index (κ1) is 14.4.